The second-order valence-corrected chi connectivity index (χ2v) is 6.67. The molecule has 0 saturated carbocycles. The molecule has 0 aliphatic rings. The Bertz CT molecular complexity index is 737. The molecule has 2 aromatic rings. The summed E-state index contributed by atoms with van der Waals surface area (Å²) in [5, 5.41) is -0.0479. The van der Waals surface area contributed by atoms with E-state index in [9.17, 15) is 8.42 Å². The molecule has 0 aromatic carbocycles. The van der Waals surface area contributed by atoms with Gasteiger partial charge in [0, 0.05) is 19.8 Å². The molecule has 7 heteroatoms. The third kappa shape index (κ3) is 2.51. The van der Waals surface area contributed by atoms with Crippen LogP contribution in [0.1, 0.15) is 6.92 Å². The van der Waals surface area contributed by atoms with E-state index in [0.29, 0.717) is 5.65 Å². The normalized spacial score (nSPS) is 12.2. The van der Waals surface area contributed by atoms with Crippen molar-refractivity contribution in [1.82, 2.24) is 13.7 Å². The number of fused-ring (bicyclic) bond motifs is 1. The molecule has 0 N–H and O–H groups in total. The Morgan fingerprint density at radius 3 is 2.84 bits per heavy atom. The SMILES string of the molecule is C=C(C)CN(C)S(=O)(=O)c1c(Cl)nc2ccccn12. The molecule has 0 amide bonds. The van der Waals surface area contributed by atoms with E-state index in [1.165, 1.54) is 15.8 Å². The van der Waals surface area contributed by atoms with E-state index in [-0.39, 0.29) is 16.7 Å². The molecule has 102 valence electrons. The predicted octanol–water partition coefficient (Wildman–Crippen LogP) is 2.18. The van der Waals surface area contributed by atoms with Crippen molar-refractivity contribution < 1.29 is 8.42 Å². The molecular weight excluding hydrogens is 286 g/mol. The molecule has 2 heterocycles. The molecule has 5 nitrogen and oxygen atoms in total. The van der Waals surface area contributed by atoms with Gasteiger partial charge in [-0.15, -0.1) is 0 Å². The summed E-state index contributed by atoms with van der Waals surface area (Å²) in [6.45, 7) is 5.71. The lowest BCUT2D eigenvalue weighted by atomic mass is 10.4. The van der Waals surface area contributed by atoms with Crippen molar-refractivity contribution in [3.05, 3.63) is 41.7 Å². The van der Waals surface area contributed by atoms with Crippen LogP contribution in [-0.4, -0.2) is 35.7 Å². The highest BCUT2D eigenvalue weighted by molar-refractivity contribution is 7.89. The van der Waals surface area contributed by atoms with Crippen molar-refractivity contribution in [2.24, 2.45) is 0 Å². The molecule has 0 saturated heterocycles. The van der Waals surface area contributed by atoms with Gasteiger partial charge < -0.3 is 0 Å². The van der Waals surface area contributed by atoms with Gasteiger partial charge >= 0.3 is 0 Å². The Morgan fingerprint density at radius 2 is 2.21 bits per heavy atom. The van der Waals surface area contributed by atoms with Crippen molar-refractivity contribution >= 4 is 27.3 Å². The van der Waals surface area contributed by atoms with Gasteiger partial charge in [0.15, 0.2) is 10.2 Å². The molecule has 0 unspecified atom stereocenters. The predicted molar refractivity (Wildman–Crippen MR) is 74.8 cm³/mol. The summed E-state index contributed by atoms with van der Waals surface area (Å²) in [4.78, 5) is 4.04. The maximum Gasteiger partial charge on any atom is 0.262 e. The van der Waals surface area contributed by atoms with Gasteiger partial charge in [-0.25, -0.2) is 13.4 Å². The molecule has 0 atom stereocenters. The second-order valence-electron chi connectivity index (χ2n) is 4.35. The molecule has 2 aromatic heterocycles. The van der Waals surface area contributed by atoms with Crippen LogP contribution >= 0.6 is 11.6 Å². The van der Waals surface area contributed by atoms with Crippen molar-refractivity contribution in [1.29, 1.82) is 0 Å². The first kappa shape index (κ1) is 14.0. The zero-order valence-corrected chi connectivity index (χ0v) is 12.2. The lowest BCUT2D eigenvalue weighted by Gasteiger charge is -2.16. The molecule has 19 heavy (non-hydrogen) atoms. The monoisotopic (exact) mass is 299 g/mol. The summed E-state index contributed by atoms with van der Waals surface area (Å²) in [5.41, 5.74) is 1.24. The van der Waals surface area contributed by atoms with E-state index < -0.39 is 10.0 Å². The average Bonchev–Trinajstić information content (AvgIpc) is 2.64. The van der Waals surface area contributed by atoms with Crippen LogP contribution in [0.15, 0.2) is 41.6 Å². The average molecular weight is 300 g/mol. The third-order valence-electron chi connectivity index (χ3n) is 2.59. The van der Waals surface area contributed by atoms with Crippen LogP contribution in [0.5, 0.6) is 0 Å². The Morgan fingerprint density at radius 1 is 1.53 bits per heavy atom. The van der Waals surface area contributed by atoms with Crippen LogP contribution in [0.3, 0.4) is 0 Å². The van der Waals surface area contributed by atoms with Gasteiger partial charge in [0.25, 0.3) is 10.0 Å². The van der Waals surface area contributed by atoms with Gasteiger partial charge in [-0.1, -0.05) is 29.8 Å². The number of nitrogens with zero attached hydrogens (tertiary/aromatic N) is 3. The molecule has 0 aliphatic heterocycles. The van der Waals surface area contributed by atoms with Crippen LogP contribution < -0.4 is 0 Å². The Balaban J connectivity index is 2.60. The van der Waals surface area contributed by atoms with Crippen LogP contribution in [0, 0.1) is 0 Å². The first-order valence-corrected chi connectivity index (χ1v) is 7.39. The third-order valence-corrected chi connectivity index (χ3v) is 4.80. The number of aromatic nitrogens is 2. The second kappa shape index (κ2) is 4.96. The minimum absolute atomic E-state index is 0.0199. The van der Waals surface area contributed by atoms with E-state index in [4.69, 9.17) is 11.6 Å². The van der Waals surface area contributed by atoms with Crippen LogP contribution in [-0.2, 0) is 10.0 Å². The van der Waals surface area contributed by atoms with E-state index in [0.717, 1.165) is 5.57 Å². The fourth-order valence-electron chi connectivity index (χ4n) is 1.79. The zero-order valence-electron chi connectivity index (χ0n) is 10.7. The fourth-order valence-corrected chi connectivity index (χ4v) is 3.61. The quantitative estimate of drug-likeness (QED) is 0.813. The van der Waals surface area contributed by atoms with Crippen LogP contribution in [0.2, 0.25) is 5.15 Å². The molecule has 0 radical (unpaired) electrons. The Hall–Kier alpha value is -1.37. The first-order chi connectivity index (χ1) is 8.84. The van der Waals surface area contributed by atoms with E-state index >= 15 is 0 Å². The van der Waals surface area contributed by atoms with E-state index in [1.807, 2.05) is 0 Å². The lowest BCUT2D eigenvalue weighted by Crippen LogP contribution is -2.29. The summed E-state index contributed by atoms with van der Waals surface area (Å²) >= 11 is 5.97. The number of hydrogen-bond donors (Lipinski definition) is 0. The first-order valence-electron chi connectivity index (χ1n) is 5.57. The summed E-state index contributed by atoms with van der Waals surface area (Å²) in [6, 6.07) is 5.19. The standard InChI is InChI=1S/C12H14ClN3O2S/c1-9(2)8-15(3)19(17,18)12-11(13)14-10-6-4-5-7-16(10)12/h4-7H,1,8H2,2-3H3. The van der Waals surface area contributed by atoms with Gasteiger partial charge in [0.05, 0.1) is 0 Å². The summed E-state index contributed by atoms with van der Waals surface area (Å²) < 4.78 is 27.7. The number of hydrogen-bond acceptors (Lipinski definition) is 3. The van der Waals surface area contributed by atoms with E-state index in [1.54, 1.807) is 31.3 Å². The van der Waals surface area contributed by atoms with Gasteiger partial charge in [-0.05, 0) is 19.1 Å². The lowest BCUT2D eigenvalue weighted by molar-refractivity contribution is 0.489. The molecular formula is C12H14ClN3O2S. The van der Waals surface area contributed by atoms with E-state index in [2.05, 4.69) is 11.6 Å². The minimum Gasteiger partial charge on any atom is -0.288 e. The zero-order chi connectivity index (χ0) is 14.2. The number of likely N-dealkylation sites (N-methyl/N-ethyl adjacent to an activating group) is 1. The number of sulfonamides is 1. The smallest absolute Gasteiger partial charge is 0.262 e. The highest BCUT2D eigenvalue weighted by Gasteiger charge is 2.28. The molecule has 2 rings (SSSR count). The van der Waals surface area contributed by atoms with Crippen molar-refractivity contribution in [2.75, 3.05) is 13.6 Å². The highest BCUT2D eigenvalue weighted by Crippen LogP contribution is 2.25. The maximum atomic E-state index is 12.5. The van der Waals surface area contributed by atoms with Crippen molar-refractivity contribution in [2.45, 2.75) is 11.9 Å². The summed E-state index contributed by atoms with van der Waals surface area (Å²) in [5.74, 6) is 0. The number of pyridine rings is 1. The van der Waals surface area contributed by atoms with Crippen LogP contribution in [0.4, 0.5) is 0 Å². The molecule has 0 aliphatic carbocycles. The van der Waals surface area contributed by atoms with Gasteiger partial charge in [0.1, 0.15) is 5.65 Å². The summed E-state index contributed by atoms with van der Waals surface area (Å²) in [7, 11) is -2.22. The Kier molecular flexibility index (Phi) is 3.66. The molecule has 0 bridgehead atoms. The minimum atomic E-state index is -3.71. The largest absolute Gasteiger partial charge is 0.288 e. The number of imidazole rings is 1. The van der Waals surface area contributed by atoms with Gasteiger partial charge in [-0.3, -0.25) is 4.40 Å². The topological polar surface area (TPSA) is 54.7 Å². The highest BCUT2D eigenvalue weighted by atomic mass is 35.5. The molecule has 0 spiro atoms. The van der Waals surface area contributed by atoms with Crippen molar-refractivity contribution in [3.8, 4) is 0 Å². The van der Waals surface area contributed by atoms with Crippen molar-refractivity contribution in [3.63, 3.8) is 0 Å². The number of rotatable bonds is 4. The number of halogens is 1. The van der Waals surface area contributed by atoms with Gasteiger partial charge in [-0.2, -0.15) is 4.31 Å². The Labute approximate surface area is 117 Å². The fraction of sp³-hybridized carbons (Fsp3) is 0.250. The summed E-state index contributed by atoms with van der Waals surface area (Å²) in [6.07, 6.45) is 1.62. The van der Waals surface area contributed by atoms with Crippen LogP contribution in [0.25, 0.3) is 5.65 Å². The molecule has 0 fully saturated rings. The van der Waals surface area contributed by atoms with Gasteiger partial charge in [0.2, 0.25) is 0 Å². The maximum absolute atomic E-state index is 12.5.